The number of fused-ring (bicyclic) bond motifs is 9. The summed E-state index contributed by atoms with van der Waals surface area (Å²) in [6.45, 7) is 0. The average Bonchev–Trinajstić information content (AvgIpc) is 3.86. The lowest BCUT2D eigenvalue weighted by Crippen LogP contribution is -2.10. The van der Waals surface area contributed by atoms with E-state index in [9.17, 15) is 0 Å². The maximum atomic E-state index is 2.49. The van der Waals surface area contributed by atoms with Crippen LogP contribution in [0.25, 0.3) is 91.5 Å². The number of hydrogen-bond acceptors (Lipinski definition) is 2. The van der Waals surface area contributed by atoms with Gasteiger partial charge in [0.05, 0.1) is 21.4 Å². The molecular formula is C56H36N2S. The smallest absolute Gasteiger partial charge is 0.0640 e. The lowest BCUT2D eigenvalue weighted by Gasteiger charge is -2.27. The number of anilines is 3. The van der Waals surface area contributed by atoms with Gasteiger partial charge in [0.25, 0.3) is 0 Å². The van der Waals surface area contributed by atoms with Crippen LogP contribution in [0, 0.1) is 0 Å². The van der Waals surface area contributed by atoms with Gasteiger partial charge >= 0.3 is 0 Å². The predicted molar refractivity (Wildman–Crippen MR) is 254 cm³/mol. The van der Waals surface area contributed by atoms with Crippen molar-refractivity contribution in [3.63, 3.8) is 0 Å². The Bertz CT molecular complexity index is 3560. The van der Waals surface area contributed by atoms with Crippen LogP contribution in [0.15, 0.2) is 218 Å². The SMILES string of the molecule is c1ccc(-c2cc(N(c3ccc4c(c3)c3ccccc3n4-c3ccccc3)c3cccc4c3sc3ccc5ccccc5c34)ccc2-c2ccc3ccccc3c2)cc1. The molecule has 0 aliphatic carbocycles. The first-order chi connectivity index (χ1) is 29.3. The van der Waals surface area contributed by atoms with Gasteiger partial charge in [-0.1, -0.05) is 152 Å². The van der Waals surface area contributed by atoms with Crippen LogP contribution in [0.1, 0.15) is 0 Å². The Kier molecular flexibility index (Phi) is 7.75. The molecule has 0 N–H and O–H groups in total. The van der Waals surface area contributed by atoms with E-state index in [4.69, 9.17) is 0 Å². The van der Waals surface area contributed by atoms with E-state index in [1.807, 2.05) is 11.3 Å². The zero-order valence-corrected chi connectivity index (χ0v) is 32.9. The Labute approximate surface area is 346 Å². The molecule has 2 nitrogen and oxygen atoms in total. The fraction of sp³-hybridized carbons (Fsp3) is 0. The van der Waals surface area contributed by atoms with Crippen LogP contribution in [0.5, 0.6) is 0 Å². The van der Waals surface area contributed by atoms with Crippen LogP contribution in [0.4, 0.5) is 17.1 Å². The summed E-state index contributed by atoms with van der Waals surface area (Å²) in [5, 5.41) is 10.1. The van der Waals surface area contributed by atoms with Crippen molar-refractivity contribution in [3.05, 3.63) is 218 Å². The maximum absolute atomic E-state index is 2.49. The van der Waals surface area contributed by atoms with Gasteiger partial charge < -0.3 is 9.47 Å². The number of nitrogens with zero attached hydrogens (tertiary/aromatic N) is 2. The number of thiophene rings is 1. The van der Waals surface area contributed by atoms with Crippen LogP contribution in [0.2, 0.25) is 0 Å². The number of rotatable bonds is 6. The van der Waals surface area contributed by atoms with Gasteiger partial charge in [-0.25, -0.2) is 0 Å². The van der Waals surface area contributed by atoms with Crippen molar-refractivity contribution in [2.45, 2.75) is 0 Å². The van der Waals surface area contributed by atoms with Crippen molar-refractivity contribution < 1.29 is 0 Å². The second-order valence-corrected chi connectivity index (χ2v) is 16.4. The summed E-state index contributed by atoms with van der Waals surface area (Å²) in [4.78, 5) is 2.49. The molecule has 2 aromatic heterocycles. The standard InChI is InChI=1S/C56H36N2S/c1-3-15-38(16-4-1)49-35-43(29-31-45(49)41-27-26-37-14-7-8-18-40(37)34-41)57(53-25-13-23-48-55-46-21-10-9-17-39(46)28-33-54(55)59-56(48)53)44-30-32-52-50(36-44)47-22-11-12-24-51(47)58(52)42-19-5-2-6-20-42/h1-36H. The van der Waals surface area contributed by atoms with Crippen molar-refractivity contribution in [1.29, 1.82) is 0 Å². The molecule has 0 radical (unpaired) electrons. The molecule has 2 heterocycles. The molecule has 0 aliphatic heterocycles. The molecule has 276 valence electrons. The van der Waals surface area contributed by atoms with Gasteiger partial charge in [0.15, 0.2) is 0 Å². The summed E-state index contributed by atoms with van der Waals surface area (Å²) >= 11 is 1.88. The molecule has 0 spiro atoms. The molecule has 59 heavy (non-hydrogen) atoms. The average molecular weight is 769 g/mol. The van der Waals surface area contributed by atoms with Crippen molar-refractivity contribution in [1.82, 2.24) is 4.57 Å². The van der Waals surface area contributed by atoms with Crippen molar-refractivity contribution in [2.75, 3.05) is 4.90 Å². The number of benzene rings is 10. The third kappa shape index (κ3) is 5.47. The molecular weight excluding hydrogens is 733 g/mol. The Hall–Kier alpha value is -7.46. The molecule has 12 rings (SSSR count). The van der Waals surface area contributed by atoms with Gasteiger partial charge in [-0.3, -0.25) is 0 Å². The minimum Gasteiger partial charge on any atom is -0.309 e. The topological polar surface area (TPSA) is 8.17 Å². The van der Waals surface area contributed by atoms with Crippen molar-refractivity contribution in [2.24, 2.45) is 0 Å². The fourth-order valence-corrected chi connectivity index (χ4v) is 10.5. The Morgan fingerprint density at radius 1 is 0.373 bits per heavy atom. The van der Waals surface area contributed by atoms with E-state index in [-0.39, 0.29) is 0 Å². The highest BCUT2D eigenvalue weighted by Crippen LogP contribution is 2.49. The number of para-hydroxylation sites is 2. The van der Waals surface area contributed by atoms with Gasteiger partial charge in [0.1, 0.15) is 0 Å². The van der Waals surface area contributed by atoms with Crippen molar-refractivity contribution >= 4 is 91.9 Å². The van der Waals surface area contributed by atoms with E-state index in [0.717, 1.165) is 22.7 Å². The Morgan fingerprint density at radius 2 is 1.03 bits per heavy atom. The zero-order chi connectivity index (χ0) is 38.9. The fourth-order valence-electron chi connectivity index (χ4n) is 9.25. The zero-order valence-electron chi connectivity index (χ0n) is 32.1. The minimum atomic E-state index is 1.11. The molecule has 0 saturated heterocycles. The van der Waals surface area contributed by atoms with Crippen LogP contribution in [-0.2, 0) is 0 Å². The van der Waals surface area contributed by atoms with Gasteiger partial charge in [-0.05, 0) is 111 Å². The third-order valence-electron chi connectivity index (χ3n) is 11.9. The van der Waals surface area contributed by atoms with Crippen molar-refractivity contribution in [3.8, 4) is 27.9 Å². The first-order valence-electron chi connectivity index (χ1n) is 20.2. The summed E-state index contributed by atoms with van der Waals surface area (Å²) in [5.41, 5.74) is 11.7. The van der Waals surface area contributed by atoms with Gasteiger partial charge in [-0.2, -0.15) is 0 Å². The molecule has 3 heteroatoms. The van der Waals surface area contributed by atoms with E-state index in [0.29, 0.717) is 0 Å². The predicted octanol–water partition coefficient (Wildman–Crippen LogP) is 16.3. The number of hydrogen-bond donors (Lipinski definition) is 0. The Morgan fingerprint density at radius 3 is 1.90 bits per heavy atom. The molecule has 10 aromatic carbocycles. The highest BCUT2D eigenvalue weighted by atomic mass is 32.1. The summed E-state index contributed by atoms with van der Waals surface area (Å²) in [6, 6.07) is 80.0. The van der Waals surface area contributed by atoms with E-state index in [2.05, 4.69) is 228 Å². The Balaban J connectivity index is 1.14. The summed E-state index contributed by atoms with van der Waals surface area (Å²) in [6.07, 6.45) is 0. The largest absolute Gasteiger partial charge is 0.309 e. The molecule has 0 fully saturated rings. The van der Waals surface area contributed by atoms with Gasteiger partial charge in [-0.15, -0.1) is 11.3 Å². The molecule has 0 unspecified atom stereocenters. The van der Waals surface area contributed by atoms with Gasteiger partial charge in [0.2, 0.25) is 0 Å². The van der Waals surface area contributed by atoms with E-state index >= 15 is 0 Å². The molecule has 0 atom stereocenters. The lowest BCUT2D eigenvalue weighted by molar-refractivity contribution is 1.18. The van der Waals surface area contributed by atoms with Gasteiger partial charge in [0, 0.05) is 43.3 Å². The lowest BCUT2D eigenvalue weighted by atomic mass is 9.92. The number of aromatic nitrogens is 1. The van der Waals surface area contributed by atoms with E-state index in [1.165, 1.54) is 85.8 Å². The molecule has 0 bridgehead atoms. The van der Waals surface area contributed by atoms with Crippen LogP contribution in [-0.4, -0.2) is 4.57 Å². The van der Waals surface area contributed by atoms with E-state index < -0.39 is 0 Å². The van der Waals surface area contributed by atoms with Crippen LogP contribution in [0.3, 0.4) is 0 Å². The molecule has 12 aromatic rings. The van der Waals surface area contributed by atoms with Crippen LogP contribution >= 0.6 is 11.3 Å². The second kappa shape index (κ2) is 13.6. The second-order valence-electron chi connectivity index (χ2n) is 15.3. The minimum absolute atomic E-state index is 1.11. The first-order valence-corrected chi connectivity index (χ1v) is 21.0. The quantitative estimate of drug-likeness (QED) is 0.164. The molecule has 0 amide bonds. The summed E-state index contributed by atoms with van der Waals surface area (Å²) < 4.78 is 4.96. The third-order valence-corrected chi connectivity index (χ3v) is 13.1. The normalized spacial score (nSPS) is 11.7. The molecule has 0 saturated carbocycles. The molecule has 0 aliphatic rings. The monoisotopic (exact) mass is 768 g/mol. The van der Waals surface area contributed by atoms with E-state index in [1.54, 1.807) is 0 Å². The maximum Gasteiger partial charge on any atom is 0.0640 e. The highest BCUT2D eigenvalue weighted by Gasteiger charge is 2.22. The summed E-state index contributed by atoms with van der Waals surface area (Å²) in [7, 11) is 0. The summed E-state index contributed by atoms with van der Waals surface area (Å²) in [5.74, 6) is 0. The highest BCUT2D eigenvalue weighted by molar-refractivity contribution is 7.26. The van der Waals surface area contributed by atoms with Crippen LogP contribution < -0.4 is 4.90 Å². The first kappa shape index (κ1) is 33.7.